The van der Waals surface area contributed by atoms with Gasteiger partial charge in [-0.2, -0.15) is 0 Å². The van der Waals surface area contributed by atoms with E-state index in [1.807, 2.05) is 19.4 Å². The number of amides is 1. The second kappa shape index (κ2) is 7.53. The predicted molar refractivity (Wildman–Crippen MR) is 104 cm³/mol. The molecular formula is C19H26N4O4S. The maximum Gasteiger partial charge on any atom is 0.353 e. The summed E-state index contributed by atoms with van der Waals surface area (Å²) in [5.41, 5.74) is 0.117. The maximum atomic E-state index is 12.4. The molecule has 3 N–H and O–H groups in total. The third-order valence-corrected chi connectivity index (χ3v) is 7.59. The van der Waals surface area contributed by atoms with Crippen LogP contribution in [0.3, 0.4) is 0 Å². The number of hydrogen-bond acceptors (Lipinski definition) is 6. The normalized spacial score (nSPS) is 33.2. The van der Waals surface area contributed by atoms with Crippen LogP contribution in [0.25, 0.3) is 0 Å². The lowest BCUT2D eigenvalue weighted by atomic mass is 9.79. The lowest BCUT2D eigenvalue weighted by Crippen LogP contribution is -2.63. The number of carbonyl (C=O) groups is 2. The third-order valence-electron chi connectivity index (χ3n) is 6.08. The van der Waals surface area contributed by atoms with E-state index < -0.39 is 18.0 Å². The number of fused-ring (bicyclic) bond motifs is 1. The van der Waals surface area contributed by atoms with Crippen LogP contribution in [-0.2, 0) is 16.1 Å². The third kappa shape index (κ3) is 3.25. The van der Waals surface area contributed by atoms with E-state index in [-0.39, 0.29) is 28.8 Å². The van der Waals surface area contributed by atoms with Crippen molar-refractivity contribution in [1.29, 1.82) is 0 Å². The van der Waals surface area contributed by atoms with Gasteiger partial charge in [0.1, 0.15) is 5.70 Å². The van der Waals surface area contributed by atoms with E-state index in [0.29, 0.717) is 6.04 Å². The SMILES string of the molecule is C[C@@H](O)[C@H]1C(=O)N2C(C(=O)O)=C(S[C@@H]3CN[C@@H](CCn4ccnc4)C3)[C@H](C)[C@H]12. The van der Waals surface area contributed by atoms with Crippen LogP contribution in [0.1, 0.15) is 26.7 Å². The number of aromatic nitrogens is 2. The highest BCUT2D eigenvalue weighted by molar-refractivity contribution is 8.03. The number of carboxylic acids is 1. The van der Waals surface area contributed by atoms with Crippen LogP contribution in [0, 0.1) is 11.8 Å². The van der Waals surface area contributed by atoms with Crippen molar-refractivity contribution in [3.05, 3.63) is 29.3 Å². The molecule has 0 saturated carbocycles. The molecule has 3 aliphatic heterocycles. The number of carboxylic acid groups (broad SMARTS) is 1. The van der Waals surface area contributed by atoms with Gasteiger partial charge >= 0.3 is 5.97 Å². The van der Waals surface area contributed by atoms with Crippen LogP contribution < -0.4 is 5.32 Å². The standard InChI is InChI=1S/C19H26N4O4S/c1-10-15-14(11(2)24)18(25)23(15)16(19(26)27)17(10)28-13-7-12(21-8-13)3-5-22-6-4-20-9-22/h4,6,9-15,21,24H,3,5,7-8H2,1-2H3,(H,26,27)/t10-,11-,12+,13+,14-,15-/m1/s1. The second-order valence-electron chi connectivity index (χ2n) is 7.94. The van der Waals surface area contributed by atoms with Gasteiger partial charge in [-0.25, -0.2) is 9.78 Å². The summed E-state index contributed by atoms with van der Waals surface area (Å²) in [5.74, 6) is -1.91. The van der Waals surface area contributed by atoms with Crippen LogP contribution in [0.2, 0.25) is 0 Å². The first-order chi connectivity index (χ1) is 13.4. The molecule has 8 nitrogen and oxygen atoms in total. The highest BCUT2D eigenvalue weighted by atomic mass is 32.2. The van der Waals surface area contributed by atoms with E-state index in [2.05, 4.69) is 14.9 Å². The Morgan fingerprint density at radius 1 is 1.50 bits per heavy atom. The zero-order valence-corrected chi connectivity index (χ0v) is 16.8. The minimum absolute atomic E-state index is 0.0709. The Morgan fingerprint density at radius 2 is 2.29 bits per heavy atom. The van der Waals surface area contributed by atoms with Gasteiger partial charge in [-0.1, -0.05) is 6.92 Å². The summed E-state index contributed by atoms with van der Waals surface area (Å²) < 4.78 is 2.05. The molecule has 3 aliphatic rings. The highest BCUT2D eigenvalue weighted by Gasteiger charge is 2.60. The van der Waals surface area contributed by atoms with E-state index in [0.717, 1.165) is 30.8 Å². The summed E-state index contributed by atoms with van der Waals surface area (Å²) in [5, 5.41) is 23.5. The van der Waals surface area contributed by atoms with Gasteiger partial charge in [0.15, 0.2) is 0 Å². The fourth-order valence-corrected chi connectivity index (χ4v) is 6.19. The van der Waals surface area contributed by atoms with Crippen LogP contribution >= 0.6 is 11.8 Å². The molecule has 6 atom stereocenters. The van der Waals surface area contributed by atoms with Gasteiger partial charge in [-0.3, -0.25) is 4.79 Å². The number of aryl methyl sites for hydroxylation is 1. The predicted octanol–water partition coefficient (Wildman–Crippen LogP) is 0.891. The minimum Gasteiger partial charge on any atom is -0.477 e. The molecular weight excluding hydrogens is 380 g/mol. The number of imidazole rings is 1. The number of β-lactam (4-membered cyclic amide) rings is 1. The van der Waals surface area contributed by atoms with Crippen molar-refractivity contribution in [3.63, 3.8) is 0 Å². The molecule has 2 fully saturated rings. The Bertz CT molecular complexity index is 794. The van der Waals surface area contributed by atoms with Crippen LogP contribution in [-0.4, -0.2) is 66.5 Å². The van der Waals surface area contributed by atoms with E-state index in [1.165, 1.54) is 4.90 Å². The number of aliphatic hydroxyl groups is 1. The number of hydrogen-bond donors (Lipinski definition) is 3. The first kappa shape index (κ1) is 19.5. The molecule has 28 heavy (non-hydrogen) atoms. The Morgan fingerprint density at radius 3 is 2.93 bits per heavy atom. The topological polar surface area (TPSA) is 108 Å². The number of nitrogens with zero attached hydrogens (tertiary/aromatic N) is 3. The zero-order chi connectivity index (χ0) is 20.0. The van der Waals surface area contributed by atoms with E-state index in [1.54, 1.807) is 24.9 Å². The van der Waals surface area contributed by atoms with Gasteiger partial charge in [-0.05, 0) is 19.8 Å². The molecule has 0 aromatic carbocycles. The second-order valence-corrected chi connectivity index (χ2v) is 9.28. The van der Waals surface area contributed by atoms with E-state index >= 15 is 0 Å². The molecule has 0 radical (unpaired) electrons. The number of thioether (sulfide) groups is 1. The molecule has 0 aliphatic carbocycles. The van der Waals surface area contributed by atoms with E-state index in [4.69, 9.17) is 0 Å². The largest absolute Gasteiger partial charge is 0.477 e. The molecule has 1 aromatic heterocycles. The quantitative estimate of drug-likeness (QED) is 0.577. The zero-order valence-electron chi connectivity index (χ0n) is 16.0. The number of nitrogens with one attached hydrogen (secondary N) is 1. The Kier molecular flexibility index (Phi) is 5.24. The van der Waals surface area contributed by atoms with E-state index in [9.17, 15) is 19.8 Å². The molecule has 0 bridgehead atoms. The molecule has 1 aromatic rings. The van der Waals surface area contributed by atoms with Gasteiger partial charge in [0.2, 0.25) is 5.91 Å². The molecule has 4 rings (SSSR count). The van der Waals surface area contributed by atoms with Crippen molar-refractivity contribution < 1.29 is 19.8 Å². The van der Waals surface area contributed by atoms with Gasteiger partial charge in [0.05, 0.1) is 24.4 Å². The van der Waals surface area contributed by atoms with Gasteiger partial charge in [0.25, 0.3) is 0 Å². The average molecular weight is 407 g/mol. The van der Waals surface area contributed by atoms with Gasteiger partial charge in [-0.15, -0.1) is 11.8 Å². The lowest BCUT2D eigenvalue weighted by molar-refractivity contribution is -0.163. The fourth-order valence-electron chi connectivity index (χ4n) is 4.67. The summed E-state index contributed by atoms with van der Waals surface area (Å²) in [4.78, 5) is 30.5. The van der Waals surface area contributed by atoms with Crippen molar-refractivity contribution >= 4 is 23.6 Å². The Hall–Kier alpha value is -1.84. The Balaban J connectivity index is 1.42. The monoisotopic (exact) mass is 406 g/mol. The molecule has 152 valence electrons. The van der Waals surface area contributed by atoms with Crippen LogP contribution in [0.4, 0.5) is 0 Å². The molecule has 0 spiro atoms. The Labute approximate surface area is 168 Å². The van der Waals surface area contributed by atoms with Crippen molar-refractivity contribution in [1.82, 2.24) is 19.8 Å². The smallest absolute Gasteiger partial charge is 0.353 e. The highest BCUT2D eigenvalue weighted by Crippen LogP contribution is 2.51. The van der Waals surface area contributed by atoms with Crippen LogP contribution in [0.15, 0.2) is 29.3 Å². The maximum absolute atomic E-state index is 12.4. The minimum atomic E-state index is -1.06. The first-order valence-corrected chi connectivity index (χ1v) is 10.6. The first-order valence-electron chi connectivity index (χ1n) is 9.72. The van der Waals surface area contributed by atoms with Gasteiger partial charge < -0.3 is 25.0 Å². The molecule has 4 heterocycles. The summed E-state index contributed by atoms with van der Waals surface area (Å²) in [7, 11) is 0. The molecule has 1 amide bonds. The van der Waals surface area contributed by atoms with Gasteiger partial charge in [0, 0.05) is 47.6 Å². The average Bonchev–Trinajstić information content (AvgIpc) is 3.34. The summed E-state index contributed by atoms with van der Waals surface area (Å²) >= 11 is 1.59. The van der Waals surface area contributed by atoms with Crippen molar-refractivity contribution in [2.24, 2.45) is 11.8 Å². The molecule has 9 heteroatoms. The van der Waals surface area contributed by atoms with Crippen molar-refractivity contribution in [2.45, 2.75) is 56.7 Å². The number of aliphatic carboxylic acids is 1. The lowest BCUT2D eigenvalue weighted by Gasteiger charge is -2.46. The number of carbonyl (C=O) groups excluding carboxylic acids is 1. The van der Waals surface area contributed by atoms with Crippen LogP contribution in [0.5, 0.6) is 0 Å². The number of rotatable bonds is 7. The molecule has 0 unspecified atom stereocenters. The summed E-state index contributed by atoms with van der Waals surface area (Å²) in [6.07, 6.45) is 6.71. The van der Waals surface area contributed by atoms with Crippen molar-refractivity contribution in [2.75, 3.05) is 6.54 Å². The fraction of sp³-hybridized carbons (Fsp3) is 0.632. The molecule has 2 saturated heterocycles. The summed E-state index contributed by atoms with van der Waals surface area (Å²) in [6.45, 7) is 5.29. The number of aliphatic hydroxyl groups excluding tert-OH is 1. The summed E-state index contributed by atoms with van der Waals surface area (Å²) in [6, 6.07) is 0.141. The van der Waals surface area contributed by atoms with Crippen molar-refractivity contribution in [3.8, 4) is 0 Å².